The molecule has 1 rings (SSSR count). The van der Waals surface area contributed by atoms with Crippen molar-refractivity contribution in [3.8, 4) is 0 Å². The van der Waals surface area contributed by atoms with Crippen molar-refractivity contribution >= 4 is 5.91 Å². The maximum atomic E-state index is 13.3. The van der Waals surface area contributed by atoms with Gasteiger partial charge in [0.1, 0.15) is 0 Å². The molecule has 0 spiro atoms. The van der Waals surface area contributed by atoms with Crippen LogP contribution >= 0.6 is 0 Å². The normalized spacial score (nSPS) is 18.3. The molecule has 6 nitrogen and oxygen atoms in total. The van der Waals surface area contributed by atoms with Crippen LogP contribution in [0.5, 0.6) is 0 Å². The van der Waals surface area contributed by atoms with E-state index in [1.807, 2.05) is 18.7 Å². The van der Waals surface area contributed by atoms with Crippen LogP contribution in [0.2, 0.25) is 0 Å². The summed E-state index contributed by atoms with van der Waals surface area (Å²) in [5.74, 6) is 0.0253. The van der Waals surface area contributed by atoms with Gasteiger partial charge in [-0.1, -0.05) is 20.8 Å². The van der Waals surface area contributed by atoms with E-state index in [1.165, 1.54) is 0 Å². The fraction of sp³-hybridized carbons (Fsp3) is 0.952. The number of amides is 1. The molecule has 0 radical (unpaired) electrons. The monoisotopic (exact) mass is 385 g/mol. The van der Waals surface area contributed by atoms with Crippen LogP contribution in [0.15, 0.2) is 0 Å². The number of nitrogens with zero attached hydrogens (tertiary/aromatic N) is 2. The second-order valence-electron chi connectivity index (χ2n) is 9.06. The van der Waals surface area contributed by atoms with Crippen LogP contribution in [0.4, 0.5) is 0 Å². The number of ether oxygens (including phenoxy) is 2. The van der Waals surface area contributed by atoms with E-state index in [-0.39, 0.29) is 17.4 Å². The van der Waals surface area contributed by atoms with Gasteiger partial charge in [0.05, 0.1) is 12.6 Å². The highest BCUT2D eigenvalue weighted by Crippen LogP contribution is 2.24. The molecule has 1 atom stereocenters. The van der Waals surface area contributed by atoms with Gasteiger partial charge in [-0.05, 0) is 52.4 Å². The predicted octanol–water partition coefficient (Wildman–Crippen LogP) is 2.85. The van der Waals surface area contributed by atoms with Crippen molar-refractivity contribution in [2.45, 2.75) is 92.1 Å². The molecule has 0 unspecified atom stereocenters. The van der Waals surface area contributed by atoms with E-state index < -0.39 is 12.3 Å². The summed E-state index contributed by atoms with van der Waals surface area (Å²) in [5.41, 5.74) is 6.34. The van der Waals surface area contributed by atoms with E-state index in [2.05, 4.69) is 39.5 Å². The lowest BCUT2D eigenvalue weighted by atomic mass is 9.87. The third-order valence-electron chi connectivity index (χ3n) is 5.15. The number of nitrogens with two attached hydrogens (primary N) is 1. The maximum Gasteiger partial charge on any atom is 0.239 e. The molecule has 0 aliphatic carbocycles. The van der Waals surface area contributed by atoms with Gasteiger partial charge in [0.15, 0.2) is 6.29 Å². The highest BCUT2D eigenvalue weighted by Gasteiger charge is 2.34. The fourth-order valence-corrected chi connectivity index (χ4v) is 3.78. The van der Waals surface area contributed by atoms with Gasteiger partial charge in [0.2, 0.25) is 5.91 Å². The first-order valence-electron chi connectivity index (χ1n) is 10.6. The van der Waals surface area contributed by atoms with Crippen molar-refractivity contribution in [2.75, 3.05) is 32.8 Å². The Labute approximate surface area is 166 Å². The molecule has 1 saturated heterocycles. The van der Waals surface area contributed by atoms with Crippen LogP contribution in [-0.4, -0.2) is 73.0 Å². The molecule has 6 heteroatoms. The van der Waals surface area contributed by atoms with Gasteiger partial charge in [-0.15, -0.1) is 0 Å². The standard InChI is InChI=1S/C21H43N3O3/c1-8-26-19(27-9-2)15-24(20(25)18(22)14-21(5,6)7)17-10-12-23(13-11-17)16(3)4/h16-19H,8-15,22H2,1-7H3/t18-/m0/s1. The lowest BCUT2D eigenvalue weighted by Crippen LogP contribution is -2.55. The van der Waals surface area contributed by atoms with Crippen molar-refractivity contribution in [1.82, 2.24) is 9.80 Å². The van der Waals surface area contributed by atoms with E-state index in [0.29, 0.717) is 32.2 Å². The molecular weight excluding hydrogens is 342 g/mol. The summed E-state index contributed by atoms with van der Waals surface area (Å²) in [6, 6.07) is 0.247. The fourth-order valence-electron chi connectivity index (χ4n) is 3.78. The minimum Gasteiger partial charge on any atom is -0.351 e. The van der Waals surface area contributed by atoms with Crippen LogP contribution in [0, 0.1) is 5.41 Å². The zero-order valence-electron chi connectivity index (χ0n) is 18.7. The summed E-state index contributed by atoms with van der Waals surface area (Å²) in [6.45, 7) is 18.3. The number of carbonyl (C=O) groups excluding carboxylic acids is 1. The average molecular weight is 386 g/mol. The van der Waals surface area contributed by atoms with Crippen molar-refractivity contribution < 1.29 is 14.3 Å². The van der Waals surface area contributed by atoms with Crippen molar-refractivity contribution in [3.63, 3.8) is 0 Å². The number of rotatable bonds is 10. The molecule has 1 heterocycles. The smallest absolute Gasteiger partial charge is 0.239 e. The quantitative estimate of drug-likeness (QED) is 0.586. The third-order valence-corrected chi connectivity index (χ3v) is 5.15. The molecule has 0 saturated carbocycles. The lowest BCUT2D eigenvalue weighted by molar-refractivity contribution is -0.165. The molecule has 0 bridgehead atoms. The highest BCUT2D eigenvalue weighted by molar-refractivity contribution is 5.82. The average Bonchev–Trinajstić information content (AvgIpc) is 2.58. The molecular formula is C21H43N3O3. The molecule has 2 N–H and O–H groups in total. The van der Waals surface area contributed by atoms with E-state index >= 15 is 0 Å². The first-order chi connectivity index (χ1) is 12.6. The predicted molar refractivity (Wildman–Crippen MR) is 111 cm³/mol. The Balaban J connectivity index is 2.89. The Morgan fingerprint density at radius 1 is 1.15 bits per heavy atom. The van der Waals surface area contributed by atoms with Gasteiger partial charge in [-0.3, -0.25) is 4.79 Å². The molecule has 1 aliphatic rings. The largest absolute Gasteiger partial charge is 0.351 e. The van der Waals surface area contributed by atoms with Gasteiger partial charge in [0, 0.05) is 38.4 Å². The zero-order valence-corrected chi connectivity index (χ0v) is 18.7. The van der Waals surface area contributed by atoms with Gasteiger partial charge in [0.25, 0.3) is 0 Å². The van der Waals surface area contributed by atoms with Gasteiger partial charge >= 0.3 is 0 Å². The molecule has 0 aromatic carbocycles. The Morgan fingerprint density at radius 2 is 1.67 bits per heavy atom. The summed E-state index contributed by atoms with van der Waals surface area (Å²) in [5, 5.41) is 0. The zero-order chi connectivity index (χ0) is 20.6. The van der Waals surface area contributed by atoms with Gasteiger partial charge < -0.3 is 25.0 Å². The Hall–Kier alpha value is -0.690. The highest BCUT2D eigenvalue weighted by atomic mass is 16.7. The van der Waals surface area contributed by atoms with E-state index in [9.17, 15) is 4.79 Å². The number of carbonyl (C=O) groups is 1. The molecule has 27 heavy (non-hydrogen) atoms. The maximum absolute atomic E-state index is 13.3. The van der Waals surface area contributed by atoms with E-state index in [0.717, 1.165) is 25.9 Å². The van der Waals surface area contributed by atoms with Crippen LogP contribution in [0.25, 0.3) is 0 Å². The number of hydrogen-bond donors (Lipinski definition) is 1. The minimum absolute atomic E-state index is 0.0149. The van der Waals surface area contributed by atoms with Gasteiger partial charge in [-0.25, -0.2) is 0 Å². The number of piperidine rings is 1. The van der Waals surface area contributed by atoms with Crippen LogP contribution in [0.1, 0.15) is 67.7 Å². The first-order valence-corrected chi connectivity index (χ1v) is 10.6. The summed E-state index contributed by atoms with van der Waals surface area (Å²) < 4.78 is 11.5. The van der Waals surface area contributed by atoms with Crippen molar-refractivity contribution in [2.24, 2.45) is 11.1 Å². The Bertz CT molecular complexity index is 423. The second kappa shape index (κ2) is 11.3. The summed E-state index contributed by atoms with van der Waals surface area (Å²) in [6.07, 6.45) is 2.21. The topological polar surface area (TPSA) is 68.0 Å². The summed E-state index contributed by atoms with van der Waals surface area (Å²) >= 11 is 0. The molecule has 1 amide bonds. The Morgan fingerprint density at radius 3 is 2.07 bits per heavy atom. The molecule has 160 valence electrons. The molecule has 0 aromatic heterocycles. The lowest BCUT2D eigenvalue weighted by Gasteiger charge is -2.42. The van der Waals surface area contributed by atoms with E-state index in [1.54, 1.807) is 0 Å². The summed E-state index contributed by atoms with van der Waals surface area (Å²) in [4.78, 5) is 17.7. The molecule has 1 aliphatic heterocycles. The van der Waals surface area contributed by atoms with Gasteiger partial charge in [-0.2, -0.15) is 0 Å². The first kappa shape index (κ1) is 24.3. The SMILES string of the molecule is CCOC(CN(C(=O)[C@@H](N)CC(C)(C)C)C1CCN(C(C)C)CC1)OCC. The van der Waals surface area contributed by atoms with Crippen molar-refractivity contribution in [3.05, 3.63) is 0 Å². The second-order valence-corrected chi connectivity index (χ2v) is 9.06. The number of likely N-dealkylation sites (tertiary alicyclic amines) is 1. The van der Waals surface area contributed by atoms with Crippen LogP contribution in [0.3, 0.4) is 0 Å². The van der Waals surface area contributed by atoms with E-state index in [4.69, 9.17) is 15.2 Å². The molecule has 0 aromatic rings. The third kappa shape index (κ3) is 8.46. The summed E-state index contributed by atoms with van der Waals surface area (Å²) in [7, 11) is 0. The van der Waals surface area contributed by atoms with Crippen molar-refractivity contribution in [1.29, 1.82) is 0 Å². The van der Waals surface area contributed by atoms with Crippen LogP contribution < -0.4 is 5.73 Å². The Kier molecular flexibility index (Phi) is 10.2. The number of hydrogen-bond acceptors (Lipinski definition) is 5. The minimum atomic E-state index is -0.489. The molecule has 1 fully saturated rings. The van der Waals surface area contributed by atoms with Crippen LogP contribution in [-0.2, 0) is 14.3 Å².